The van der Waals surface area contributed by atoms with E-state index in [9.17, 15) is 29.8 Å². The van der Waals surface area contributed by atoms with E-state index >= 15 is 0 Å². The lowest BCUT2D eigenvalue weighted by molar-refractivity contribution is -0.148. The number of halogens is 4. The molecule has 5 N–H and O–H groups in total. The zero-order valence-corrected chi connectivity index (χ0v) is 34.8. The molecule has 0 aromatic rings. The van der Waals surface area contributed by atoms with Gasteiger partial charge in [-0.05, 0) is 134 Å². The Bertz CT molecular complexity index is 1260. The zero-order chi connectivity index (χ0) is 39.2. The van der Waals surface area contributed by atoms with Gasteiger partial charge in [0.05, 0.1) is 54.4 Å². The van der Waals surface area contributed by atoms with Crippen molar-refractivity contribution in [3.8, 4) is 0 Å². The molecule has 0 bridgehead atoms. The molecule has 55 heavy (non-hydrogen) atoms. The van der Waals surface area contributed by atoms with Crippen molar-refractivity contribution in [1.82, 2.24) is 10.8 Å². The van der Waals surface area contributed by atoms with Gasteiger partial charge in [0.25, 0.3) is 0 Å². The van der Waals surface area contributed by atoms with Crippen molar-refractivity contribution in [3.05, 3.63) is 0 Å². The van der Waals surface area contributed by atoms with Crippen LogP contribution in [0.3, 0.4) is 0 Å². The number of rotatable bonds is 13. The van der Waals surface area contributed by atoms with E-state index in [1.807, 2.05) is 0 Å². The average Bonchev–Trinajstić information content (AvgIpc) is 3.16. The van der Waals surface area contributed by atoms with Crippen molar-refractivity contribution in [1.29, 1.82) is 0 Å². The van der Waals surface area contributed by atoms with Crippen LogP contribution >= 0.6 is 46.4 Å². The third-order valence-electron chi connectivity index (χ3n) is 13.9. The molecule has 11 unspecified atom stereocenters. The number of hydrogen-bond donors (Lipinski definition) is 5. The highest BCUT2D eigenvalue weighted by Crippen LogP contribution is 2.44. The number of carboxylic acids is 2. The largest absolute Gasteiger partial charge is 0.481 e. The highest BCUT2D eigenvalue weighted by molar-refractivity contribution is 6.25. The number of hydroxylamine groups is 1. The maximum absolute atomic E-state index is 13.2. The van der Waals surface area contributed by atoms with Gasteiger partial charge in [-0.25, -0.2) is 5.48 Å². The Kier molecular flexibility index (Phi) is 16.4. The van der Waals surface area contributed by atoms with Crippen LogP contribution in [0.5, 0.6) is 0 Å². The van der Waals surface area contributed by atoms with Gasteiger partial charge in [0.1, 0.15) is 0 Å². The number of amides is 1. The van der Waals surface area contributed by atoms with Gasteiger partial charge >= 0.3 is 11.9 Å². The van der Waals surface area contributed by atoms with Crippen LogP contribution in [0.4, 0.5) is 0 Å². The second-order valence-corrected chi connectivity index (χ2v) is 19.7. The highest BCUT2D eigenvalue weighted by atomic mass is 35.5. The fraction of sp³-hybridized carbons (Fsp3) is 0.925. The number of carbonyl (C=O) groups excluding carboxylic acids is 1. The summed E-state index contributed by atoms with van der Waals surface area (Å²) in [6, 6.07) is -0.437. The number of carboxylic acid groups (broad SMARTS) is 2. The number of nitrogens with one attached hydrogen (secondary N) is 2. The number of carbonyl (C=O) groups is 3. The predicted octanol–water partition coefficient (Wildman–Crippen LogP) is 7.64. The van der Waals surface area contributed by atoms with Crippen LogP contribution in [0, 0.1) is 29.6 Å². The Morgan fingerprint density at radius 2 is 0.927 bits per heavy atom. The summed E-state index contributed by atoms with van der Waals surface area (Å²) in [5, 5.41) is 30.9. The van der Waals surface area contributed by atoms with Crippen molar-refractivity contribution < 1.29 is 44.0 Å². The van der Waals surface area contributed by atoms with Crippen LogP contribution in [0.1, 0.15) is 128 Å². The molecule has 0 radical (unpaired) electrons. The number of alkyl halides is 4. The zero-order valence-electron chi connectivity index (χ0n) is 31.8. The number of ether oxygens (including phenoxy) is 3. The number of aliphatic carboxylic acids is 2. The van der Waals surface area contributed by atoms with Crippen LogP contribution in [0.15, 0.2) is 0 Å². The second-order valence-electron chi connectivity index (χ2n) is 17.4. The van der Waals surface area contributed by atoms with E-state index in [0.717, 1.165) is 103 Å². The van der Waals surface area contributed by atoms with Crippen LogP contribution in [-0.2, 0) is 28.6 Å². The van der Waals surface area contributed by atoms with Crippen molar-refractivity contribution in [2.45, 2.75) is 199 Å². The van der Waals surface area contributed by atoms with Gasteiger partial charge in [-0.1, -0.05) is 0 Å². The first-order valence-corrected chi connectivity index (χ1v) is 22.8. The van der Waals surface area contributed by atoms with Crippen LogP contribution in [-0.4, -0.2) is 103 Å². The molecule has 0 heterocycles. The lowest BCUT2D eigenvalue weighted by Gasteiger charge is -2.44. The summed E-state index contributed by atoms with van der Waals surface area (Å²) in [7, 11) is 0. The summed E-state index contributed by atoms with van der Waals surface area (Å²) < 4.78 is 19.9. The minimum atomic E-state index is -1.07. The molecule has 15 heteroatoms. The Balaban J connectivity index is 0.868. The normalized spacial score (nSPS) is 43.6. The molecule has 0 aromatic carbocycles. The molecule has 1 amide bonds. The van der Waals surface area contributed by atoms with E-state index in [1.165, 1.54) is 0 Å². The molecule has 6 saturated carbocycles. The first kappa shape index (κ1) is 43.9. The predicted molar refractivity (Wildman–Crippen MR) is 210 cm³/mol. The molecule has 0 saturated heterocycles. The minimum absolute atomic E-state index is 0.0208. The summed E-state index contributed by atoms with van der Waals surface area (Å²) in [6.07, 6.45) is 18.0. The van der Waals surface area contributed by atoms with E-state index in [4.69, 9.17) is 60.6 Å². The summed E-state index contributed by atoms with van der Waals surface area (Å²) >= 11 is 25.9. The van der Waals surface area contributed by atoms with Gasteiger partial charge < -0.3 is 34.9 Å². The molecule has 0 spiro atoms. The lowest BCUT2D eigenvalue weighted by atomic mass is 9.68. The quantitative estimate of drug-likeness (QED) is 0.0919. The van der Waals surface area contributed by atoms with Crippen molar-refractivity contribution in [3.63, 3.8) is 0 Å². The topological polar surface area (TPSA) is 164 Å². The number of hydrogen-bond acceptors (Lipinski definition) is 8. The maximum atomic E-state index is 13.2. The molecular weight excluding hydrogens is 794 g/mol. The molecule has 11 atom stereocenters. The van der Waals surface area contributed by atoms with Crippen LogP contribution < -0.4 is 10.8 Å². The van der Waals surface area contributed by atoms with E-state index < -0.39 is 57.8 Å². The monoisotopic (exact) mass is 854 g/mol. The minimum Gasteiger partial charge on any atom is -0.481 e. The molecule has 0 aliphatic heterocycles. The first-order chi connectivity index (χ1) is 26.4. The van der Waals surface area contributed by atoms with Gasteiger partial charge in [-0.3, -0.25) is 14.4 Å². The Hall–Kier alpha value is -0.630. The fourth-order valence-corrected chi connectivity index (χ4v) is 12.5. The fourth-order valence-electron chi connectivity index (χ4n) is 10.9. The summed E-state index contributed by atoms with van der Waals surface area (Å²) in [5.74, 6) is -5.24. The van der Waals surface area contributed by atoms with E-state index in [0.29, 0.717) is 25.7 Å². The Morgan fingerprint density at radius 1 is 0.509 bits per heavy atom. The van der Waals surface area contributed by atoms with Gasteiger partial charge in [-0.15, -0.1) is 46.4 Å². The lowest BCUT2D eigenvalue weighted by Crippen LogP contribution is -2.54. The van der Waals surface area contributed by atoms with Crippen molar-refractivity contribution >= 4 is 64.2 Å². The molecule has 6 aliphatic carbocycles. The van der Waals surface area contributed by atoms with Gasteiger partial charge in [0.2, 0.25) is 5.91 Å². The Labute approximate surface area is 345 Å². The van der Waals surface area contributed by atoms with Crippen molar-refractivity contribution in [2.24, 2.45) is 29.6 Å². The van der Waals surface area contributed by atoms with E-state index in [2.05, 4.69) is 10.8 Å². The maximum Gasteiger partial charge on any atom is 0.308 e. The summed E-state index contributed by atoms with van der Waals surface area (Å²) in [6.45, 7) is 0. The molecule has 6 fully saturated rings. The third kappa shape index (κ3) is 11.4. The van der Waals surface area contributed by atoms with Gasteiger partial charge in [-0.2, -0.15) is 0 Å². The van der Waals surface area contributed by atoms with Crippen LogP contribution in [0.25, 0.3) is 0 Å². The molecule has 6 rings (SSSR count). The first-order valence-electron chi connectivity index (χ1n) is 21.1. The smallest absolute Gasteiger partial charge is 0.308 e. The summed E-state index contributed by atoms with van der Waals surface area (Å²) in [4.78, 5) is 37.2. The second kappa shape index (κ2) is 20.6. The van der Waals surface area contributed by atoms with Crippen molar-refractivity contribution in [2.75, 3.05) is 0 Å². The van der Waals surface area contributed by atoms with Gasteiger partial charge in [0.15, 0.2) is 0 Å². The SMILES string of the molecule is O=C(O)C1C(Cl)CCC(Cl)C1C(=O)NC1CCC(OC2CCCC(OC3CCC(OC4CCC(C(NO)C5C(Cl)CCC(Cl)C5C(=O)O)CC4)CC3)C2)CC1. The van der Waals surface area contributed by atoms with Crippen LogP contribution in [0.2, 0.25) is 0 Å². The summed E-state index contributed by atoms with van der Waals surface area (Å²) in [5.41, 5.74) is 2.46. The third-order valence-corrected chi connectivity index (χ3v) is 15.8. The standard InChI is InChI=1S/C40H62Cl4N2O9/c41-29-16-18-31(43)35(39(48)49)33(29)37(46-52)21-4-8-23(9-5-21)53-25-12-14-26(15-13-25)55-28-3-1-2-27(20-28)54-24-10-6-22(7-11-24)45-38(47)34-30(42)17-19-32(44)36(34)40(50)51/h21-37,46,52H,1-20H2,(H,45,47)(H,48,49)(H,50,51). The molecule has 11 nitrogen and oxygen atoms in total. The van der Waals surface area contributed by atoms with Gasteiger partial charge in [0, 0.05) is 39.5 Å². The van der Waals surface area contributed by atoms with E-state index in [-0.39, 0.29) is 59.9 Å². The van der Waals surface area contributed by atoms with E-state index in [1.54, 1.807) is 0 Å². The molecular formula is C40H62Cl4N2O9. The molecule has 0 aromatic heterocycles. The molecule has 6 aliphatic rings. The average molecular weight is 857 g/mol. The molecule has 314 valence electrons. The highest BCUT2D eigenvalue weighted by Gasteiger charge is 2.49. The Morgan fingerprint density at radius 3 is 1.42 bits per heavy atom.